The highest BCUT2D eigenvalue weighted by molar-refractivity contribution is 7.90. The van der Waals surface area contributed by atoms with Crippen molar-refractivity contribution in [1.29, 1.82) is 0 Å². The zero-order chi connectivity index (χ0) is 21.5. The van der Waals surface area contributed by atoms with Gasteiger partial charge in [-0.1, -0.05) is 0 Å². The average molecular weight is 441 g/mol. The van der Waals surface area contributed by atoms with Gasteiger partial charge in [-0.2, -0.15) is 0 Å². The maximum Gasteiger partial charge on any atom is 0.410 e. The number of carbonyl (C=O) groups excluding carboxylic acids is 2. The number of hydrogen-bond donors (Lipinski definition) is 1. The summed E-state index contributed by atoms with van der Waals surface area (Å²) in [5.41, 5.74) is -0.628. The third-order valence-electron chi connectivity index (χ3n) is 7.30. The number of nitrogens with zero attached hydrogens (tertiary/aromatic N) is 3. The minimum atomic E-state index is -3.15. The molecule has 0 aromatic carbocycles. The van der Waals surface area contributed by atoms with Crippen molar-refractivity contribution in [2.75, 3.05) is 32.7 Å². The fourth-order valence-corrected chi connectivity index (χ4v) is 7.26. The first-order chi connectivity index (χ1) is 13.9. The average Bonchev–Trinajstić information content (AvgIpc) is 3.37. The van der Waals surface area contributed by atoms with Crippen molar-refractivity contribution >= 4 is 22.1 Å². The summed E-state index contributed by atoms with van der Waals surface area (Å²) in [5, 5.41) is -0.192. The number of hydrogen-bond acceptors (Lipinski definition) is 5. The Labute approximate surface area is 178 Å². The monoisotopic (exact) mass is 440 g/mol. The quantitative estimate of drug-likeness (QED) is 0.696. The van der Waals surface area contributed by atoms with Crippen LogP contribution in [0.1, 0.15) is 52.9 Å². The van der Waals surface area contributed by atoms with Gasteiger partial charge in [0, 0.05) is 38.3 Å². The molecule has 1 atom stereocenters. The summed E-state index contributed by atoms with van der Waals surface area (Å²) in [6.07, 6.45) is 3.83. The predicted octanol–water partition coefficient (Wildman–Crippen LogP) is 1.35. The molecule has 30 heavy (non-hydrogen) atoms. The Balaban J connectivity index is 1.16. The van der Waals surface area contributed by atoms with Gasteiger partial charge in [-0.05, 0) is 58.3 Å². The van der Waals surface area contributed by atoms with Gasteiger partial charge in [-0.25, -0.2) is 22.7 Å². The van der Waals surface area contributed by atoms with Gasteiger partial charge < -0.3 is 19.4 Å². The summed E-state index contributed by atoms with van der Waals surface area (Å²) in [6, 6.07) is 0.0628. The Morgan fingerprint density at radius 3 is 2.43 bits per heavy atom. The Morgan fingerprint density at radius 2 is 1.83 bits per heavy atom. The number of amides is 3. The number of nitrogens with one attached hydrogen (secondary N) is 1. The molecule has 4 aliphatic carbocycles. The van der Waals surface area contributed by atoms with E-state index < -0.39 is 15.6 Å². The molecule has 2 bridgehead atoms. The molecule has 0 unspecified atom stereocenters. The van der Waals surface area contributed by atoms with Crippen molar-refractivity contribution in [3.63, 3.8) is 0 Å². The first-order valence-electron chi connectivity index (χ1n) is 11.0. The van der Waals surface area contributed by atoms with Crippen LogP contribution in [0, 0.1) is 5.41 Å². The van der Waals surface area contributed by atoms with Gasteiger partial charge in [0.15, 0.2) is 0 Å². The molecule has 0 radical (unpaired) electrons. The van der Waals surface area contributed by atoms with E-state index >= 15 is 0 Å². The molecule has 9 nitrogen and oxygen atoms in total. The third kappa shape index (κ3) is 3.26. The van der Waals surface area contributed by atoms with Crippen LogP contribution >= 0.6 is 0 Å². The minimum Gasteiger partial charge on any atom is -0.444 e. The number of sulfonamides is 1. The van der Waals surface area contributed by atoms with Crippen LogP contribution in [0.25, 0.3) is 0 Å². The van der Waals surface area contributed by atoms with Gasteiger partial charge in [0.1, 0.15) is 5.60 Å². The zero-order valence-electron chi connectivity index (χ0n) is 18.0. The third-order valence-corrected chi connectivity index (χ3v) is 9.20. The molecule has 168 valence electrons. The lowest BCUT2D eigenvalue weighted by molar-refractivity contribution is -0.194. The largest absolute Gasteiger partial charge is 0.444 e. The van der Waals surface area contributed by atoms with E-state index in [4.69, 9.17) is 4.74 Å². The molecule has 10 heteroatoms. The second-order valence-electron chi connectivity index (χ2n) is 11.0. The van der Waals surface area contributed by atoms with Crippen LogP contribution in [-0.2, 0) is 14.8 Å². The highest BCUT2D eigenvalue weighted by Crippen LogP contribution is 2.70. The van der Waals surface area contributed by atoms with Crippen molar-refractivity contribution in [2.24, 2.45) is 5.41 Å². The van der Waals surface area contributed by atoms with Crippen molar-refractivity contribution in [3.05, 3.63) is 0 Å². The predicted molar refractivity (Wildman–Crippen MR) is 109 cm³/mol. The lowest BCUT2D eigenvalue weighted by atomic mass is 9.39. The maximum absolute atomic E-state index is 13.0. The summed E-state index contributed by atoms with van der Waals surface area (Å²) in [6.45, 7) is 8.20. The van der Waals surface area contributed by atoms with Crippen LogP contribution in [0.15, 0.2) is 0 Å². The molecule has 0 aromatic rings. The van der Waals surface area contributed by atoms with Gasteiger partial charge in [0.05, 0.1) is 11.3 Å². The van der Waals surface area contributed by atoms with E-state index in [0.717, 1.165) is 32.1 Å². The van der Waals surface area contributed by atoms with E-state index in [0.29, 0.717) is 32.7 Å². The zero-order valence-corrected chi connectivity index (χ0v) is 18.8. The number of rotatable bonds is 5. The molecule has 1 N–H and O–H groups in total. The van der Waals surface area contributed by atoms with E-state index in [1.165, 1.54) is 0 Å². The molecule has 3 amide bonds. The summed E-state index contributed by atoms with van der Waals surface area (Å²) in [7, 11) is -3.15. The van der Waals surface area contributed by atoms with Crippen LogP contribution < -0.4 is 4.72 Å². The molecular weight excluding hydrogens is 408 g/mol. The first kappa shape index (κ1) is 20.4. The Bertz CT molecular complexity index is 858. The fraction of sp³-hybridized carbons (Fsp3) is 0.900. The normalized spacial score (nSPS) is 35.6. The van der Waals surface area contributed by atoms with Gasteiger partial charge in [0.25, 0.3) is 0 Å². The van der Waals surface area contributed by atoms with Gasteiger partial charge in [-0.3, -0.25) is 0 Å². The lowest BCUT2D eigenvalue weighted by Crippen LogP contribution is -2.77. The molecule has 6 rings (SSSR count). The molecule has 0 aromatic heterocycles. The lowest BCUT2D eigenvalue weighted by Gasteiger charge is -2.73. The highest BCUT2D eigenvalue weighted by atomic mass is 32.2. The van der Waals surface area contributed by atoms with Crippen molar-refractivity contribution in [2.45, 2.75) is 75.3 Å². The maximum atomic E-state index is 13.0. The fourth-order valence-electron chi connectivity index (χ4n) is 5.76. The number of urea groups is 1. The summed E-state index contributed by atoms with van der Waals surface area (Å²) in [5.74, 6) is 0. The molecule has 2 heterocycles. The Morgan fingerprint density at radius 1 is 1.17 bits per heavy atom. The summed E-state index contributed by atoms with van der Waals surface area (Å²) < 4.78 is 32.5. The molecule has 6 aliphatic rings. The van der Waals surface area contributed by atoms with E-state index in [2.05, 4.69) is 4.72 Å². The molecular formula is C20H32N4O5S. The topological polar surface area (TPSA) is 99.3 Å². The van der Waals surface area contributed by atoms with Gasteiger partial charge in [0.2, 0.25) is 10.0 Å². The van der Waals surface area contributed by atoms with Crippen LogP contribution in [-0.4, -0.2) is 90.4 Å². The number of fused-ring (bicyclic) bond motifs is 1. The second kappa shape index (κ2) is 6.25. The molecule has 2 saturated heterocycles. The van der Waals surface area contributed by atoms with Crippen LogP contribution in [0.3, 0.4) is 0 Å². The highest BCUT2D eigenvalue weighted by Gasteiger charge is 2.72. The van der Waals surface area contributed by atoms with Gasteiger partial charge in [-0.15, -0.1) is 0 Å². The number of ether oxygens (including phenoxy) is 1. The van der Waals surface area contributed by atoms with Crippen LogP contribution in [0.5, 0.6) is 0 Å². The molecule has 6 fully saturated rings. The standard InChI is InChI=1S/C20H32N4O5S/c1-18(2,3)29-17(26)22-6-7-23-14(8-22)9-24(16(23)25)20-10-19(11-20,12-20)13-21-30(27,28)15-4-5-15/h14-15,21H,4-13H2,1-3H3/t14-,19?,20?/m0/s1. The Hall–Kier alpha value is -1.55. The number of carbonyl (C=O) groups is 2. The SMILES string of the molecule is CC(C)(C)OC(=O)N1CCN2C(=O)N(C34CC(CNS(=O)(=O)C5CC5)(C3)C4)C[C@@H]2C1. The van der Waals surface area contributed by atoms with Crippen molar-refractivity contribution < 1.29 is 22.7 Å². The minimum absolute atomic E-state index is 0.00267. The van der Waals surface area contributed by atoms with Crippen LogP contribution in [0.2, 0.25) is 0 Å². The summed E-state index contributed by atoms with van der Waals surface area (Å²) >= 11 is 0. The Kier molecular flexibility index (Phi) is 4.24. The first-order valence-corrected chi connectivity index (χ1v) is 12.5. The second-order valence-corrected chi connectivity index (χ2v) is 13.0. The van der Waals surface area contributed by atoms with Crippen molar-refractivity contribution in [3.8, 4) is 0 Å². The number of piperazine rings is 1. The van der Waals surface area contributed by atoms with Crippen molar-refractivity contribution in [1.82, 2.24) is 19.4 Å². The molecule has 4 saturated carbocycles. The van der Waals surface area contributed by atoms with Crippen LogP contribution in [0.4, 0.5) is 9.59 Å². The van der Waals surface area contributed by atoms with Gasteiger partial charge >= 0.3 is 12.1 Å². The van der Waals surface area contributed by atoms with E-state index in [1.807, 2.05) is 30.6 Å². The summed E-state index contributed by atoms with van der Waals surface area (Å²) in [4.78, 5) is 31.0. The smallest absolute Gasteiger partial charge is 0.410 e. The molecule has 0 spiro atoms. The van der Waals surface area contributed by atoms with E-state index in [-0.39, 0.29) is 34.4 Å². The molecule has 2 aliphatic heterocycles. The van der Waals surface area contributed by atoms with E-state index in [1.54, 1.807) is 4.90 Å². The van der Waals surface area contributed by atoms with E-state index in [9.17, 15) is 18.0 Å².